The van der Waals surface area contributed by atoms with E-state index in [9.17, 15) is 9.59 Å². The van der Waals surface area contributed by atoms with E-state index in [2.05, 4.69) is 12.1 Å². The Kier molecular flexibility index (Phi) is 9.09. The Bertz CT molecular complexity index is 1080. The predicted molar refractivity (Wildman–Crippen MR) is 145 cm³/mol. The van der Waals surface area contributed by atoms with Crippen LogP contribution in [0.3, 0.4) is 0 Å². The predicted octanol–water partition coefficient (Wildman–Crippen LogP) is 6.00. The van der Waals surface area contributed by atoms with E-state index in [4.69, 9.17) is 17.0 Å². The largest absolute Gasteiger partial charge is 0.451 e. The highest BCUT2D eigenvalue weighted by Gasteiger charge is 2.37. The summed E-state index contributed by atoms with van der Waals surface area (Å²) in [5.74, 6) is 1.38. The van der Waals surface area contributed by atoms with Crippen molar-refractivity contribution in [3.05, 3.63) is 108 Å². The van der Waals surface area contributed by atoms with Crippen LogP contribution in [0.15, 0.2) is 91.0 Å². The highest BCUT2D eigenvalue weighted by Crippen LogP contribution is 2.29. The number of carbonyl (C=O) groups excluding carboxylic acids is 2. The summed E-state index contributed by atoms with van der Waals surface area (Å²) in [6, 6.07) is 29.1. The van der Waals surface area contributed by atoms with Crippen LogP contribution < -0.4 is 0 Å². The van der Waals surface area contributed by atoms with Crippen molar-refractivity contribution < 1.29 is 14.3 Å². The zero-order chi connectivity index (χ0) is 24.5. The van der Waals surface area contributed by atoms with Crippen molar-refractivity contribution in [2.75, 3.05) is 12.3 Å². The summed E-state index contributed by atoms with van der Waals surface area (Å²) in [5.41, 5.74) is 3.07. The molecule has 4 rings (SSSR count). The van der Waals surface area contributed by atoms with Gasteiger partial charge in [-0.25, -0.2) is 4.79 Å². The number of likely N-dealkylation sites (tertiary alicyclic amines) is 1. The van der Waals surface area contributed by atoms with Gasteiger partial charge in [-0.2, -0.15) is 11.8 Å². The van der Waals surface area contributed by atoms with Gasteiger partial charge >= 0.3 is 5.97 Å². The van der Waals surface area contributed by atoms with Crippen LogP contribution in [0.4, 0.5) is 0 Å². The number of rotatable bonds is 11. The van der Waals surface area contributed by atoms with Crippen LogP contribution in [0.5, 0.6) is 0 Å². The lowest BCUT2D eigenvalue weighted by Gasteiger charge is -2.27. The van der Waals surface area contributed by atoms with Gasteiger partial charge in [-0.05, 0) is 23.1 Å². The molecule has 4 nitrogen and oxygen atoms in total. The number of carbonyl (C=O) groups is 2. The molecule has 6 heteroatoms. The van der Waals surface area contributed by atoms with Gasteiger partial charge in [0.1, 0.15) is 6.04 Å². The summed E-state index contributed by atoms with van der Waals surface area (Å²) in [6.45, 7) is 0.159. The maximum absolute atomic E-state index is 13.3. The van der Waals surface area contributed by atoms with Gasteiger partial charge in [0.05, 0.1) is 11.5 Å². The first-order chi connectivity index (χ1) is 17.1. The minimum Gasteiger partial charge on any atom is -0.451 e. The Labute approximate surface area is 216 Å². The van der Waals surface area contributed by atoms with Gasteiger partial charge in [0, 0.05) is 24.3 Å². The first-order valence-electron chi connectivity index (χ1n) is 11.8. The SMILES string of the molecule is O=C(CCSCc1ccccc1)CN1C(=S)CC[C@H]1C(=O)OC(c1ccccc1)c1ccccc1. The third kappa shape index (κ3) is 7.03. The highest BCUT2D eigenvalue weighted by molar-refractivity contribution is 7.98. The standard InChI is InChI=1S/C29H29NO3S2/c31-25(18-19-35-21-22-10-4-1-5-11-22)20-30-26(16-17-27(30)34)29(32)33-28(23-12-6-2-7-13-23)24-14-8-3-9-15-24/h1-15,26,28H,16-21H2/t26-/m0/s1. The molecule has 1 aliphatic rings. The number of Topliss-reactive ketones (excluding diaryl/α,β-unsaturated/α-hetero) is 1. The minimum absolute atomic E-state index is 0.0929. The molecular formula is C29H29NO3S2. The Morgan fingerprint density at radius 2 is 1.49 bits per heavy atom. The molecule has 0 spiro atoms. The Morgan fingerprint density at radius 1 is 0.914 bits per heavy atom. The van der Waals surface area contributed by atoms with Crippen LogP contribution >= 0.6 is 24.0 Å². The Balaban J connectivity index is 1.35. The lowest BCUT2D eigenvalue weighted by Crippen LogP contribution is -2.42. The summed E-state index contributed by atoms with van der Waals surface area (Å²) >= 11 is 7.26. The lowest BCUT2D eigenvalue weighted by atomic mass is 10.0. The summed E-state index contributed by atoms with van der Waals surface area (Å²) in [4.78, 5) is 28.5. The number of thiocarbonyl (C=S) groups is 1. The normalized spacial score (nSPS) is 15.4. The third-order valence-electron chi connectivity index (χ3n) is 6.02. The van der Waals surface area contributed by atoms with Gasteiger partial charge in [0.25, 0.3) is 0 Å². The van der Waals surface area contributed by atoms with Gasteiger partial charge in [-0.1, -0.05) is 103 Å². The van der Waals surface area contributed by atoms with Crippen molar-refractivity contribution in [2.24, 2.45) is 0 Å². The van der Waals surface area contributed by atoms with Crippen LogP contribution in [-0.2, 0) is 20.1 Å². The highest BCUT2D eigenvalue weighted by atomic mass is 32.2. The van der Waals surface area contributed by atoms with E-state index in [1.165, 1.54) is 5.56 Å². The maximum atomic E-state index is 13.3. The molecule has 3 aromatic rings. The van der Waals surface area contributed by atoms with E-state index >= 15 is 0 Å². The van der Waals surface area contributed by atoms with Crippen molar-refractivity contribution in [1.82, 2.24) is 4.90 Å². The molecule has 0 aliphatic carbocycles. The molecular weight excluding hydrogens is 474 g/mol. The molecule has 0 bridgehead atoms. The van der Waals surface area contributed by atoms with Crippen LogP contribution in [0.2, 0.25) is 0 Å². The van der Waals surface area contributed by atoms with Crippen LogP contribution in [-0.4, -0.2) is 40.0 Å². The first-order valence-corrected chi connectivity index (χ1v) is 13.4. The van der Waals surface area contributed by atoms with Gasteiger partial charge in [0.2, 0.25) is 0 Å². The smallest absolute Gasteiger partial charge is 0.329 e. The molecule has 35 heavy (non-hydrogen) atoms. The van der Waals surface area contributed by atoms with Crippen molar-refractivity contribution in [3.8, 4) is 0 Å². The number of thioether (sulfide) groups is 1. The molecule has 1 atom stereocenters. The van der Waals surface area contributed by atoms with E-state index in [0.29, 0.717) is 24.3 Å². The minimum atomic E-state index is -0.529. The zero-order valence-corrected chi connectivity index (χ0v) is 21.2. The summed E-state index contributed by atoms with van der Waals surface area (Å²) < 4.78 is 6.06. The summed E-state index contributed by atoms with van der Waals surface area (Å²) in [6.07, 6.45) is 1.14. The molecule has 1 saturated heterocycles. The van der Waals surface area contributed by atoms with Crippen molar-refractivity contribution in [3.63, 3.8) is 0 Å². The number of ketones is 1. The van der Waals surface area contributed by atoms with E-state index < -0.39 is 12.1 Å². The number of ether oxygens (including phenoxy) is 1. The van der Waals surface area contributed by atoms with E-state index in [-0.39, 0.29) is 18.3 Å². The van der Waals surface area contributed by atoms with Crippen LogP contribution in [0.25, 0.3) is 0 Å². The van der Waals surface area contributed by atoms with E-state index in [0.717, 1.165) is 22.6 Å². The molecule has 0 radical (unpaired) electrons. The van der Waals surface area contributed by atoms with Gasteiger partial charge in [0.15, 0.2) is 11.9 Å². The number of benzene rings is 3. The summed E-state index contributed by atoms with van der Waals surface area (Å²) in [7, 11) is 0. The molecule has 180 valence electrons. The quantitative estimate of drug-likeness (QED) is 0.182. The van der Waals surface area contributed by atoms with Gasteiger partial charge < -0.3 is 9.64 Å². The lowest BCUT2D eigenvalue weighted by molar-refractivity contribution is -0.152. The fourth-order valence-electron chi connectivity index (χ4n) is 4.18. The van der Waals surface area contributed by atoms with Crippen molar-refractivity contribution >= 4 is 40.7 Å². The number of hydrogen-bond donors (Lipinski definition) is 0. The van der Waals surface area contributed by atoms with Gasteiger partial charge in [-0.3, -0.25) is 4.79 Å². The second-order valence-electron chi connectivity index (χ2n) is 8.54. The topological polar surface area (TPSA) is 46.6 Å². The molecule has 0 aromatic heterocycles. The average molecular weight is 504 g/mol. The van der Waals surface area contributed by atoms with E-state index in [1.54, 1.807) is 16.7 Å². The molecule has 0 saturated carbocycles. The fraction of sp³-hybridized carbons (Fsp3) is 0.276. The molecule has 1 aliphatic heterocycles. The molecule has 0 unspecified atom stereocenters. The Morgan fingerprint density at radius 3 is 2.09 bits per heavy atom. The number of hydrogen-bond acceptors (Lipinski definition) is 5. The first kappa shape index (κ1) is 25.1. The molecule has 0 amide bonds. The second kappa shape index (κ2) is 12.7. The maximum Gasteiger partial charge on any atom is 0.329 e. The monoisotopic (exact) mass is 503 g/mol. The van der Waals surface area contributed by atoms with Crippen LogP contribution in [0.1, 0.15) is 42.1 Å². The molecule has 1 fully saturated rings. The molecule has 1 heterocycles. The molecule has 3 aromatic carbocycles. The zero-order valence-electron chi connectivity index (χ0n) is 19.5. The summed E-state index contributed by atoms with van der Waals surface area (Å²) in [5, 5.41) is 0. The van der Waals surface area contributed by atoms with Gasteiger partial charge in [-0.15, -0.1) is 0 Å². The van der Waals surface area contributed by atoms with Crippen molar-refractivity contribution in [1.29, 1.82) is 0 Å². The molecule has 0 N–H and O–H groups in total. The van der Waals surface area contributed by atoms with Crippen molar-refractivity contribution in [2.45, 2.75) is 37.2 Å². The number of nitrogens with zero attached hydrogens (tertiary/aromatic N) is 1. The average Bonchev–Trinajstić information content (AvgIpc) is 3.26. The van der Waals surface area contributed by atoms with Crippen LogP contribution in [0, 0.1) is 0 Å². The fourth-order valence-corrected chi connectivity index (χ4v) is 5.43. The van der Waals surface area contributed by atoms with E-state index in [1.807, 2.05) is 78.9 Å². The Hall–Kier alpha value is -2.96. The number of esters is 1. The second-order valence-corrected chi connectivity index (χ2v) is 10.1. The third-order valence-corrected chi connectivity index (χ3v) is 7.49.